The van der Waals surface area contributed by atoms with E-state index in [4.69, 9.17) is 0 Å². The van der Waals surface area contributed by atoms with E-state index >= 15 is 0 Å². The predicted molar refractivity (Wildman–Crippen MR) is 54.3 cm³/mol. The smallest absolute Gasteiger partial charge is 0.0124 e. The zero-order valence-corrected chi connectivity index (χ0v) is 8.98. The maximum Gasteiger partial charge on any atom is 0.0124 e. The topological polar surface area (TPSA) is 12.0 Å². The van der Waals surface area contributed by atoms with Crippen LogP contribution in [0.3, 0.4) is 0 Å². The Labute approximate surface area is 76.9 Å². The molecule has 1 aliphatic rings. The van der Waals surface area contributed by atoms with Crippen molar-refractivity contribution in [3.8, 4) is 0 Å². The average Bonchev–Trinajstić information content (AvgIpc) is 2.51. The SMILES string of the molecule is CC(C)CCCNC1CC1(C)C. The molecule has 1 heteroatoms. The second-order valence-corrected chi connectivity index (χ2v) is 5.24. The predicted octanol–water partition coefficient (Wildman–Crippen LogP) is 2.81. The van der Waals surface area contributed by atoms with Gasteiger partial charge in [-0.15, -0.1) is 0 Å². The van der Waals surface area contributed by atoms with Crippen molar-refractivity contribution < 1.29 is 0 Å². The molecule has 1 aliphatic carbocycles. The molecule has 0 aromatic heterocycles. The zero-order chi connectivity index (χ0) is 9.19. The third kappa shape index (κ3) is 3.14. The standard InChI is InChI=1S/C11H23N/c1-9(2)6-5-7-12-10-8-11(10,3)4/h9-10,12H,5-8H2,1-4H3. The summed E-state index contributed by atoms with van der Waals surface area (Å²) in [5, 5.41) is 3.60. The Morgan fingerprint density at radius 1 is 1.42 bits per heavy atom. The van der Waals surface area contributed by atoms with Gasteiger partial charge >= 0.3 is 0 Å². The summed E-state index contributed by atoms with van der Waals surface area (Å²) in [5.74, 6) is 0.860. The summed E-state index contributed by atoms with van der Waals surface area (Å²) in [6.07, 6.45) is 4.07. The Bertz CT molecular complexity index is 138. The monoisotopic (exact) mass is 169 g/mol. The second-order valence-electron chi connectivity index (χ2n) is 5.24. The Hall–Kier alpha value is -0.0400. The van der Waals surface area contributed by atoms with Crippen molar-refractivity contribution in [2.45, 2.75) is 53.0 Å². The third-order valence-electron chi connectivity index (χ3n) is 2.86. The molecule has 1 N–H and O–H groups in total. The summed E-state index contributed by atoms with van der Waals surface area (Å²) in [4.78, 5) is 0. The Kier molecular flexibility index (Phi) is 3.16. The highest BCUT2D eigenvalue weighted by atomic mass is 15.0. The van der Waals surface area contributed by atoms with Crippen molar-refractivity contribution in [1.82, 2.24) is 5.32 Å². The van der Waals surface area contributed by atoms with Gasteiger partial charge in [0.25, 0.3) is 0 Å². The molecule has 12 heavy (non-hydrogen) atoms. The fraction of sp³-hybridized carbons (Fsp3) is 1.00. The zero-order valence-electron chi connectivity index (χ0n) is 8.98. The number of nitrogens with one attached hydrogen (secondary N) is 1. The molecule has 1 fully saturated rings. The molecule has 1 nitrogen and oxygen atoms in total. The van der Waals surface area contributed by atoms with Gasteiger partial charge in [0, 0.05) is 6.04 Å². The lowest BCUT2D eigenvalue weighted by Gasteiger charge is -2.07. The molecule has 72 valence electrons. The maximum absolute atomic E-state index is 3.60. The maximum atomic E-state index is 3.60. The van der Waals surface area contributed by atoms with Crippen LogP contribution in [0.1, 0.15) is 47.0 Å². The minimum Gasteiger partial charge on any atom is -0.313 e. The number of rotatable bonds is 5. The third-order valence-corrected chi connectivity index (χ3v) is 2.86. The van der Waals surface area contributed by atoms with Crippen molar-refractivity contribution >= 4 is 0 Å². The van der Waals surface area contributed by atoms with E-state index in [1.165, 1.54) is 25.8 Å². The van der Waals surface area contributed by atoms with Crippen LogP contribution in [0, 0.1) is 11.3 Å². The summed E-state index contributed by atoms with van der Waals surface area (Å²) in [6.45, 7) is 10.5. The van der Waals surface area contributed by atoms with Gasteiger partial charge in [-0.25, -0.2) is 0 Å². The van der Waals surface area contributed by atoms with Crippen LogP contribution >= 0.6 is 0 Å². The van der Waals surface area contributed by atoms with Crippen LogP contribution in [0.2, 0.25) is 0 Å². The van der Waals surface area contributed by atoms with E-state index < -0.39 is 0 Å². The van der Waals surface area contributed by atoms with Crippen LogP contribution in [0.5, 0.6) is 0 Å². The van der Waals surface area contributed by atoms with Crippen LogP contribution in [0.15, 0.2) is 0 Å². The van der Waals surface area contributed by atoms with Crippen LogP contribution < -0.4 is 5.32 Å². The van der Waals surface area contributed by atoms with Gasteiger partial charge in [-0.1, -0.05) is 27.7 Å². The molecule has 0 aromatic rings. The minimum absolute atomic E-state index is 0.595. The molecule has 0 saturated heterocycles. The average molecular weight is 169 g/mol. The van der Waals surface area contributed by atoms with Crippen molar-refractivity contribution in [2.24, 2.45) is 11.3 Å². The van der Waals surface area contributed by atoms with E-state index in [1.54, 1.807) is 0 Å². The molecule has 1 atom stereocenters. The van der Waals surface area contributed by atoms with Gasteiger partial charge in [0.05, 0.1) is 0 Å². The number of hydrogen-bond donors (Lipinski definition) is 1. The highest BCUT2D eigenvalue weighted by Gasteiger charge is 2.44. The largest absolute Gasteiger partial charge is 0.313 e. The van der Waals surface area contributed by atoms with Crippen LogP contribution in [-0.2, 0) is 0 Å². The van der Waals surface area contributed by atoms with Crippen molar-refractivity contribution in [3.05, 3.63) is 0 Å². The molecular weight excluding hydrogens is 146 g/mol. The van der Waals surface area contributed by atoms with Gasteiger partial charge < -0.3 is 5.32 Å². The molecule has 0 amide bonds. The molecule has 0 heterocycles. The highest BCUT2D eigenvalue weighted by Crippen LogP contribution is 2.44. The Balaban J connectivity index is 1.91. The summed E-state index contributed by atoms with van der Waals surface area (Å²) in [6, 6.07) is 0.810. The first-order chi connectivity index (χ1) is 5.52. The van der Waals surface area contributed by atoms with Crippen molar-refractivity contribution in [2.75, 3.05) is 6.54 Å². The molecule has 0 aliphatic heterocycles. The second kappa shape index (κ2) is 3.78. The van der Waals surface area contributed by atoms with E-state index in [-0.39, 0.29) is 0 Å². The molecule has 0 radical (unpaired) electrons. The first kappa shape index (κ1) is 10.0. The normalized spacial score (nSPS) is 26.2. The van der Waals surface area contributed by atoms with Gasteiger partial charge in [0.2, 0.25) is 0 Å². The fourth-order valence-electron chi connectivity index (χ4n) is 1.60. The highest BCUT2D eigenvalue weighted by molar-refractivity contribution is 5.01. The molecule has 1 unspecified atom stereocenters. The summed E-state index contributed by atoms with van der Waals surface area (Å²) in [7, 11) is 0. The van der Waals surface area contributed by atoms with Gasteiger partial charge in [-0.3, -0.25) is 0 Å². The first-order valence-electron chi connectivity index (χ1n) is 5.26. The van der Waals surface area contributed by atoms with Crippen LogP contribution in [0.4, 0.5) is 0 Å². The quantitative estimate of drug-likeness (QED) is 0.624. The van der Waals surface area contributed by atoms with Gasteiger partial charge in [-0.2, -0.15) is 0 Å². The van der Waals surface area contributed by atoms with E-state index in [0.29, 0.717) is 5.41 Å². The van der Waals surface area contributed by atoms with Gasteiger partial charge in [0.1, 0.15) is 0 Å². The van der Waals surface area contributed by atoms with Crippen LogP contribution in [-0.4, -0.2) is 12.6 Å². The van der Waals surface area contributed by atoms with Crippen LogP contribution in [0.25, 0.3) is 0 Å². The van der Waals surface area contributed by atoms with Gasteiger partial charge in [-0.05, 0) is 37.1 Å². The lowest BCUT2D eigenvalue weighted by atomic mass is 10.1. The molecular formula is C11H23N. The molecule has 1 saturated carbocycles. The van der Waals surface area contributed by atoms with Crippen molar-refractivity contribution in [3.63, 3.8) is 0 Å². The number of hydrogen-bond acceptors (Lipinski definition) is 1. The summed E-state index contributed by atoms with van der Waals surface area (Å²) in [5.41, 5.74) is 0.595. The van der Waals surface area contributed by atoms with E-state index in [9.17, 15) is 0 Å². The summed E-state index contributed by atoms with van der Waals surface area (Å²) < 4.78 is 0. The lowest BCUT2D eigenvalue weighted by Crippen LogP contribution is -2.21. The molecule has 0 spiro atoms. The molecule has 0 bridgehead atoms. The van der Waals surface area contributed by atoms with E-state index in [1.807, 2.05) is 0 Å². The first-order valence-corrected chi connectivity index (χ1v) is 5.26. The Morgan fingerprint density at radius 2 is 2.00 bits per heavy atom. The van der Waals surface area contributed by atoms with E-state index in [2.05, 4.69) is 33.0 Å². The minimum atomic E-state index is 0.595. The lowest BCUT2D eigenvalue weighted by molar-refractivity contribution is 0.495. The summed E-state index contributed by atoms with van der Waals surface area (Å²) >= 11 is 0. The van der Waals surface area contributed by atoms with Crippen molar-refractivity contribution in [1.29, 1.82) is 0 Å². The van der Waals surface area contributed by atoms with E-state index in [0.717, 1.165) is 12.0 Å². The Morgan fingerprint density at radius 3 is 2.42 bits per heavy atom. The van der Waals surface area contributed by atoms with Gasteiger partial charge in [0.15, 0.2) is 0 Å². The molecule has 1 rings (SSSR count). The fourth-order valence-corrected chi connectivity index (χ4v) is 1.60. The molecule has 0 aromatic carbocycles.